The lowest BCUT2D eigenvalue weighted by Gasteiger charge is -2.21. The van der Waals surface area contributed by atoms with Crippen LogP contribution in [0.25, 0.3) is 0 Å². The first-order chi connectivity index (χ1) is 48.7. The fourth-order valence-corrected chi connectivity index (χ4v) is 14.1. The Kier molecular flexibility index (Phi) is 69.6. The third-order valence-corrected chi connectivity index (χ3v) is 22.1. The third kappa shape index (κ3) is 72.1. The summed E-state index contributed by atoms with van der Waals surface area (Å²) in [7, 11) is -9.92. The van der Waals surface area contributed by atoms with Crippen LogP contribution in [0.4, 0.5) is 0 Å². The summed E-state index contributed by atoms with van der Waals surface area (Å²) in [4.78, 5) is 73.0. The smallest absolute Gasteiger partial charge is 0.462 e. The number of esters is 4. The largest absolute Gasteiger partial charge is 0.472 e. The van der Waals surface area contributed by atoms with Crippen molar-refractivity contribution in [1.82, 2.24) is 0 Å². The van der Waals surface area contributed by atoms with Gasteiger partial charge in [-0.25, -0.2) is 9.13 Å². The summed E-state index contributed by atoms with van der Waals surface area (Å²) in [6, 6.07) is 0. The number of carbonyl (C=O) groups is 4. The van der Waals surface area contributed by atoms with Gasteiger partial charge in [0, 0.05) is 25.7 Å². The average Bonchev–Trinajstić information content (AvgIpc) is 0.919. The molecule has 0 heterocycles. The van der Waals surface area contributed by atoms with Crippen LogP contribution in [0.15, 0.2) is 0 Å². The van der Waals surface area contributed by atoms with Gasteiger partial charge in [0.15, 0.2) is 12.2 Å². The van der Waals surface area contributed by atoms with Gasteiger partial charge < -0.3 is 33.8 Å². The Morgan fingerprint density at radius 1 is 0.277 bits per heavy atom. The number of phosphoric ester groups is 2. The van der Waals surface area contributed by atoms with Gasteiger partial charge in [0.1, 0.15) is 19.3 Å². The molecule has 0 radical (unpaired) electrons. The average molecular weight is 1480 g/mol. The maximum Gasteiger partial charge on any atom is 0.472 e. The molecule has 8 atom stereocenters. The second-order valence-electron chi connectivity index (χ2n) is 30.7. The van der Waals surface area contributed by atoms with E-state index in [0.717, 1.165) is 120 Å². The second-order valence-corrected chi connectivity index (χ2v) is 33.6. The quantitative estimate of drug-likeness (QED) is 0.0222. The Bertz CT molecular complexity index is 1980. The van der Waals surface area contributed by atoms with Crippen molar-refractivity contribution in [2.24, 2.45) is 23.7 Å². The van der Waals surface area contributed by atoms with E-state index in [2.05, 4.69) is 55.4 Å². The van der Waals surface area contributed by atoms with E-state index in [1.54, 1.807) is 0 Å². The molecule has 0 fully saturated rings. The van der Waals surface area contributed by atoms with Crippen molar-refractivity contribution in [3.05, 3.63) is 0 Å². The van der Waals surface area contributed by atoms with Gasteiger partial charge in [0.2, 0.25) is 0 Å². The molecule has 101 heavy (non-hydrogen) atoms. The molecule has 0 spiro atoms. The molecular weight excluding hydrogens is 1320 g/mol. The standard InChI is InChI=1S/C82H160O17P2/c1-9-73(6)59-51-43-35-29-25-21-16-14-12-13-15-17-23-27-31-38-48-56-64-81(86)98-77(68-92-79(84)62-54-46-37-30-26-22-19-18-20-24-28-34-42-50-58-72(4)5)70-96-100(88,89)94-66-76(83)67-95-101(90,91)97-71-78(69-93-80(85)63-55-47-41-40-45-53-61-75(8)11-3)99-82(87)65-57-49-39-33-32-36-44-52-60-74(7)10-2/h72-78,83H,9-71H2,1-8H3,(H,88,89)(H,90,91)/t73?,74?,75?,76-,77-,78-/m1/s1. The molecule has 3 N–H and O–H groups in total. The van der Waals surface area contributed by atoms with E-state index in [-0.39, 0.29) is 25.7 Å². The monoisotopic (exact) mass is 1480 g/mol. The lowest BCUT2D eigenvalue weighted by Crippen LogP contribution is -2.30. The highest BCUT2D eigenvalue weighted by Crippen LogP contribution is 2.45. The minimum absolute atomic E-state index is 0.104. The molecule has 19 heteroatoms. The molecule has 0 aliphatic rings. The van der Waals surface area contributed by atoms with Crippen LogP contribution in [0.5, 0.6) is 0 Å². The van der Waals surface area contributed by atoms with Crippen molar-refractivity contribution < 1.29 is 80.2 Å². The van der Waals surface area contributed by atoms with Crippen LogP contribution in [0.2, 0.25) is 0 Å². The molecule has 0 aliphatic carbocycles. The van der Waals surface area contributed by atoms with Crippen LogP contribution < -0.4 is 0 Å². The van der Waals surface area contributed by atoms with E-state index in [0.29, 0.717) is 25.7 Å². The van der Waals surface area contributed by atoms with Crippen LogP contribution in [-0.2, 0) is 65.4 Å². The molecule has 0 saturated heterocycles. The normalized spacial score (nSPS) is 14.8. The van der Waals surface area contributed by atoms with E-state index >= 15 is 0 Å². The lowest BCUT2D eigenvalue weighted by molar-refractivity contribution is -0.161. The summed E-state index contributed by atoms with van der Waals surface area (Å²) in [5.41, 5.74) is 0. The highest BCUT2D eigenvalue weighted by molar-refractivity contribution is 7.47. The Hall–Kier alpha value is -1.94. The van der Waals surface area contributed by atoms with Gasteiger partial charge in [0.05, 0.1) is 26.4 Å². The predicted octanol–water partition coefficient (Wildman–Crippen LogP) is 24.4. The van der Waals surface area contributed by atoms with Crippen molar-refractivity contribution in [3.63, 3.8) is 0 Å². The second kappa shape index (κ2) is 71.0. The van der Waals surface area contributed by atoms with Gasteiger partial charge in [-0.15, -0.1) is 0 Å². The van der Waals surface area contributed by atoms with Crippen molar-refractivity contribution in [2.45, 2.75) is 440 Å². The summed E-state index contributed by atoms with van der Waals surface area (Å²) >= 11 is 0. The van der Waals surface area contributed by atoms with E-state index in [1.807, 2.05) is 0 Å². The van der Waals surface area contributed by atoms with Gasteiger partial charge in [-0.2, -0.15) is 0 Å². The lowest BCUT2D eigenvalue weighted by atomic mass is 9.99. The van der Waals surface area contributed by atoms with Crippen molar-refractivity contribution in [1.29, 1.82) is 0 Å². The molecule has 0 aromatic carbocycles. The van der Waals surface area contributed by atoms with Crippen LogP contribution >= 0.6 is 15.6 Å². The number of hydrogen-bond acceptors (Lipinski definition) is 15. The number of phosphoric acid groups is 2. The van der Waals surface area contributed by atoms with E-state index in [9.17, 15) is 43.2 Å². The zero-order valence-corrected chi connectivity index (χ0v) is 68.3. The van der Waals surface area contributed by atoms with Crippen molar-refractivity contribution in [2.75, 3.05) is 39.6 Å². The molecule has 0 aromatic heterocycles. The Labute approximate surface area is 619 Å². The molecule has 0 rings (SSSR count). The molecule has 0 amide bonds. The number of hydrogen-bond donors (Lipinski definition) is 3. The Balaban J connectivity index is 5.22. The first-order valence-electron chi connectivity index (χ1n) is 42.3. The maximum atomic E-state index is 13.1. The number of aliphatic hydroxyl groups is 1. The minimum atomic E-state index is -4.96. The number of carbonyl (C=O) groups excluding carboxylic acids is 4. The van der Waals surface area contributed by atoms with E-state index < -0.39 is 97.5 Å². The maximum absolute atomic E-state index is 13.1. The number of unbranched alkanes of at least 4 members (excludes halogenated alkanes) is 42. The number of aliphatic hydroxyl groups excluding tert-OH is 1. The van der Waals surface area contributed by atoms with Gasteiger partial charge in [-0.1, -0.05) is 370 Å². The zero-order chi connectivity index (χ0) is 74.6. The van der Waals surface area contributed by atoms with Crippen molar-refractivity contribution >= 4 is 39.5 Å². The van der Waals surface area contributed by atoms with Gasteiger partial charge >= 0.3 is 39.5 Å². The SMILES string of the molecule is CCC(C)CCCCCCCCCCCCCCCCCCCCC(=O)O[C@H](COC(=O)CCCCCCCCCCCCCCCCC(C)C)COP(=O)(O)OC[C@@H](O)COP(=O)(O)OC[C@@H](COC(=O)CCCCCCCCC(C)CC)OC(=O)CCCCCCCCCCC(C)CC. The van der Waals surface area contributed by atoms with Crippen LogP contribution in [0.3, 0.4) is 0 Å². The molecule has 5 unspecified atom stereocenters. The fourth-order valence-electron chi connectivity index (χ4n) is 12.5. The van der Waals surface area contributed by atoms with Gasteiger partial charge in [0.25, 0.3) is 0 Å². The zero-order valence-electron chi connectivity index (χ0n) is 66.5. The molecule has 0 aromatic rings. The van der Waals surface area contributed by atoms with Gasteiger partial charge in [-0.05, 0) is 49.4 Å². The first-order valence-corrected chi connectivity index (χ1v) is 45.3. The summed E-state index contributed by atoms with van der Waals surface area (Å²) in [6.45, 7) is 14.3. The molecule has 0 bridgehead atoms. The van der Waals surface area contributed by atoms with Crippen LogP contribution in [-0.4, -0.2) is 96.7 Å². The molecular formula is C82H160O17P2. The molecule has 600 valence electrons. The Morgan fingerprint density at radius 2 is 0.475 bits per heavy atom. The summed E-state index contributed by atoms with van der Waals surface area (Å²) in [6.07, 6.45) is 58.3. The van der Waals surface area contributed by atoms with E-state index in [4.69, 9.17) is 37.0 Å². The van der Waals surface area contributed by atoms with E-state index in [1.165, 1.54) is 218 Å². The number of ether oxygens (including phenoxy) is 4. The fraction of sp³-hybridized carbons (Fsp3) is 0.951. The highest BCUT2D eigenvalue weighted by Gasteiger charge is 2.30. The Morgan fingerprint density at radius 3 is 0.703 bits per heavy atom. The summed E-state index contributed by atoms with van der Waals surface area (Å²) < 4.78 is 68.7. The van der Waals surface area contributed by atoms with Crippen LogP contribution in [0.1, 0.15) is 421 Å². The predicted molar refractivity (Wildman–Crippen MR) is 414 cm³/mol. The van der Waals surface area contributed by atoms with Crippen molar-refractivity contribution in [3.8, 4) is 0 Å². The molecule has 0 aliphatic heterocycles. The van der Waals surface area contributed by atoms with Crippen LogP contribution in [0, 0.1) is 23.7 Å². The molecule has 17 nitrogen and oxygen atoms in total. The summed E-state index contributed by atoms with van der Waals surface area (Å²) in [5, 5.41) is 10.6. The number of rotatable bonds is 79. The van der Waals surface area contributed by atoms with Gasteiger partial charge in [-0.3, -0.25) is 37.3 Å². The minimum Gasteiger partial charge on any atom is -0.462 e. The molecule has 0 saturated carbocycles. The topological polar surface area (TPSA) is 237 Å². The third-order valence-electron chi connectivity index (χ3n) is 20.2. The highest BCUT2D eigenvalue weighted by atomic mass is 31.2. The summed E-state index contributed by atoms with van der Waals surface area (Å²) in [5.74, 6) is 1.05. The first kappa shape index (κ1) is 99.1.